The average molecular weight is 446 g/mol. The molecule has 168 valence electrons. The predicted molar refractivity (Wildman–Crippen MR) is 121 cm³/mol. The Bertz CT molecular complexity index is 1160. The number of para-hydroxylation sites is 1. The lowest BCUT2D eigenvalue weighted by Crippen LogP contribution is -2.41. The van der Waals surface area contributed by atoms with Gasteiger partial charge in [0.2, 0.25) is 11.9 Å². The number of benzene rings is 2. The minimum Gasteiger partial charge on any atom is -0.441 e. The Balaban J connectivity index is 1.18. The molecule has 1 saturated heterocycles. The molecule has 2 aliphatic rings. The van der Waals surface area contributed by atoms with Crippen molar-refractivity contribution in [3.05, 3.63) is 72.8 Å². The van der Waals surface area contributed by atoms with Crippen molar-refractivity contribution in [1.29, 1.82) is 0 Å². The highest BCUT2D eigenvalue weighted by Gasteiger charge is 2.48. The van der Waals surface area contributed by atoms with Crippen LogP contribution >= 0.6 is 0 Å². The van der Waals surface area contributed by atoms with Gasteiger partial charge in [0.1, 0.15) is 11.4 Å². The Hall–Kier alpha value is -3.81. The van der Waals surface area contributed by atoms with Crippen LogP contribution in [0.15, 0.2) is 67.0 Å². The molecule has 33 heavy (non-hydrogen) atoms. The Morgan fingerprint density at radius 1 is 1.03 bits per heavy atom. The molecule has 0 bridgehead atoms. The van der Waals surface area contributed by atoms with Crippen LogP contribution in [-0.2, 0) is 9.53 Å². The number of anilines is 2. The molecule has 0 unspecified atom stereocenters. The maximum Gasteiger partial charge on any atom is 0.415 e. The van der Waals surface area contributed by atoms with E-state index in [0.717, 1.165) is 5.69 Å². The van der Waals surface area contributed by atoms with Crippen molar-refractivity contribution in [2.75, 3.05) is 16.8 Å². The summed E-state index contributed by atoms with van der Waals surface area (Å²) in [5.41, 5.74) is 1.21. The second-order valence-electron chi connectivity index (χ2n) is 8.51. The molecule has 1 N–H and O–H groups in total. The van der Waals surface area contributed by atoms with E-state index in [4.69, 9.17) is 4.74 Å². The van der Waals surface area contributed by atoms with E-state index >= 15 is 0 Å². The fourth-order valence-corrected chi connectivity index (χ4v) is 4.54. The van der Waals surface area contributed by atoms with Crippen LogP contribution in [0.4, 0.5) is 20.8 Å². The normalized spacial score (nSPS) is 22.3. The van der Waals surface area contributed by atoms with E-state index in [1.54, 1.807) is 23.1 Å². The van der Waals surface area contributed by atoms with Crippen molar-refractivity contribution in [3.63, 3.8) is 0 Å². The van der Waals surface area contributed by atoms with Crippen molar-refractivity contribution < 1.29 is 18.7 Å². The van der Waals surface area contributed by atoms with Gasteiger partial charge >= 0.3 is 6.09 Å². The molecule has 1 aromatic heterocycles. The quantitative estimate of drug-likeness (QED) is 0.622. The highest BCUT2D eigenvalue weighted by molar-refractivity contribution is 5.92. The minimum absolute atomic E-state index is 0.160. The summed E-state index contributed by atoms with van der Waals surface area (Å²) in [5.74, 6) is -0.543. The highest BCUT2D eigenvalue weighted by Crippen LogP contribution is 2.41. The van der Waals surface area contributed by atoms with Gasteiger partial charge < -0.3 is 4.74 Å². The fraction of sp³-hybridized carbons (Fsp3) is 0.280. The van der Waals surface area contributed by atoms with E-state index in [1.165, 1.54) is 18.5 Å². The lowest BCUT2D eigenvalue weighted by molar-refractivity contribution is -0.122. The lowest BCUT2D eigenvalue weighted by Gasteiger charge is -2.34. The summed E-state index contributed by atoms with van der Waals surface area (Å²) in [6.07, 6.45) is 5.09. The predicted octanol–water partition coefficient (Wildman–Crippen LogP) is 4.81. The number of rotatable bonds is 4. The topological polar surface area (TPSA) is 84.4 Å². The molecule has 5 rings (SSSR count). The van der Waals surface area contributed by atoms with Gasteiger partial charge in [-0.2, -0.15) is 0 Å². The molecule has 1 saturated carbocycles. The summed E-state index contributed by atoms with van der Waals surface area (Å²) >= 11 is 0. The monoisotopic (exact) mass is 446 g/mol. The van der Waals surface area contributed by atoms with Crippen molar-refractivity contribution in [1.82, 2.24) is 9.97 Å². The van der Waals surface area contributed by atoms with Gasteiger partial charge in [0.15, 0.2) is 0 Å². The van der Waals surface area contributed by atoms with E-state index in [9.17, 15) is 14.0 Å². The Morgan fingerprint density at radius 2 is 1.70 bits per heavy atom. The second kappa shape index (κ2) is 8.61. The van der Waals surface area contributed by atoms with Crippen LogP contribution in [0.1, 0.15) is 25.7 Å². The fourth-order valence-electron chi connectivity index (χ4n) is 4.54. The Morgan fingerprint density at radius 3 is 2.39 bits per heavy atom. The SMILES string of the molecule is O=C(Nc1ncc(-c2ccccc2F)cn1)C1CCC2(CC1)CN(c1ccccc1)C(=O)O2. The molecule has 2 amide bonds. The zero-order valence-corrected chi connectivity index (χ0v) is 17.9. The first-order valence-electron chi connectivity index (χ1n) is 11.0. The summed E-state index contributed by atoms with van der Waals surface area (Å²) in [7, 11) is 0. The number of halogens is 1. The number of carbonyl (C=O) groups is 2. The summed E-state index contributed by atoms with van der Waals surface area (Å²) in [6.45, 7) is 0.491. The van der Waals surface area contributed by atoms with Crippen LogP contribution in [0.2, 0.25) is 0 Å². The van der Waals surface area contributed by atoms with Crippen LogP contribution < -0.4 is 10.2 Å². The smallest absolute Gasteiger partial charge is 0.415 e. The molecule has 2 fully saturated rings. The van der Waals surface area contributed by atoms with Crippen molar-refractivity contribution >= 4 is 23.6 Å². The number of hydrogen-bond acceptors (Lipinski definition) is 5. The third kappa shape index (κ3) is 4.28. The maximum atomic E-state index is 13.9. The lowest BCUT2D eigenvalue weighted by atomic mass is 9.78. The van der Waals surface area contributed by atoms with Gasteiger partial charge in [-0.1, -0.05) is 36.4 Å². The molecule has 0 atom stereocenters. The number of carbonyl (C=O) groups excluding carboxylic acids is 2. The number of nitrogens with one attached hydrogen (secondary N) is 1. The zero-order chi connectivity index (χ0) is 22.8. The first-order valence-corrected chi connectivity index (χ1v) is 11.0. The number of amides is 2. The minimum atomic E-state index is -0.554. The zero-order valence-electron chi connectivity index (χ0n) is 17.9. The summed E-state index contributed by atoms with van der Waals surface area (Å²) in [4.78, 5) is 35.2. The largest absolute Gasteiger partial charge is 0.441 e. The molecule has 2 aromatic carbocycles. The number of nitrogens with zero attached hydrogens (tertiary/aromatic N) is 3. The summed E-state index contributed by atoms with van der Waals surface area (Å²) < 4.78 is 19.7. The van der Waals surface area contributed by atoms with Gasteiger partial charge in [-0.15, -0.1) is 0 Å². The summed E-state index contributed by atoms with van der Waals surface area (Å²) in [6, 6.07) is 15.8. The van der Waals surface area contributed by atoms with Gasteiger partial charge in [0.05, 0.1) is 6.54 Å². The molecule has 1 spiro atoms. The van der Waals surface area contributed by atoms with Crippen LogP contribution in [0.25, 0.3) is 11.1 Å². The van der Waals surface area contributed by atoms with Gasteiger partial charge in [-0.25, -0.2) is 19.2 Å². The van der Waals surface area contributed by atoms with Crippen LogP contribution in [-0.4, -0.2) is 34.1 Å². The number of ether oxygens (including phenoxy) is 1. The van der Waals surface area contributed by atoms with Gasteiger partial charge in [-0.05, 0) is 43.9 Å². The molecule has 7 nitrogen and oxygen atoms in total. The molecule has 0 radical (unpaired) electrons. The molecule has 1 aliphatic carbocycles. The molecule has 8 heteroatoms. The van der Waals surface area contributed by atoms with E-state index < -0.39 is 5.60 Å². The summed E-state index contributed by atoms with van der Waals surface area (Å²) in [5, 5.41) is 2.75. The molecule has 3 aromatic rings. The number of hydrogen-bond donors (Lipinski definition) is 1. The second-order valence-corrected chi connectivity index (χ2v) is 8.51. The van der Waals surface area contributed by atoms with E-state index in [2.05, 4.69) is 15.3 Å². The first-order chi connectivity index (χ1) is 16.0. The van der Waals surface area contributed by atoms with Crippen LogP contribution in [0.3, 0.4) is 0 Å². The van der Waals surface area contributed by atoms with Crippen molar-refractivity contribution in [2.45, 2.75) is 31.3 Å². The first kappa shape index (κ1) is 21.1. The van der Waals surface area contributed by atoms with E-state index in [-0.39, 0.29) is 29.7 Å². The van der Waals surface area contributed by atoms with Crippen LogP contribution in [0.5, 0.6) is 0 Å². The van der Waals surface area contributed by atoms with Crippen LogP contribution in [0, 0.1) is 11.7 Å². The van der Waals surface area contributed by atoms with E-state index in [0.29, 0.717) is 43.4 Å². The molecular weight excluding hydrogens is 423 g/mol. The third-order valence-electron chi connectivity index (χ3n) is 6.38. The highest BCUT2D eigenvalue weighted by atomic mass is 19.1. The van der Waals surface area contributed by atoms with Crippen molar-refractivity contribution in [3.8, 4) is 11.1 Å². The van der Waals surface area contributed by atoms with Gasteiger partial charge in [-0.3, -0.25) is 15.0 Å². The maximum absolute atomic E-state index is 13.9. The van der Waals surface area contributed by atoms with E-state index in [1.807, 2.05) is 30.3 Å². The molecular formula is C25H23FN4O3. The Labute approximate surface area is 190 Å². The van der Waals surface area contributed by atoms with Gasteiger partial charge in [0, 0.05) is 35.1 Å². The number of aromatic nitrogens is 2. The van der Waals surface area contributed by atoms with Crippen molar-refractivity contribution in [2.24, 2.45) is 5.92 Å². The standard InChI is InChI=1S/C25H23FN4O3/c26-21-9-5-4-8-20(21)18-14-27-23(28-15-18)29-22(31)17-10-12-25(13-11-17)16-30(24(32)33-25)19-6-2-1-3-7-19/h1-9,14-15,17H,10-13,16H2,(H,27,28,29,31). The molecule has 1 aliphatic heterocycles. The molecule has 2 heterocycles. The third-order valence-corrected chi connectivity index (χ3v) is 6.38. The Kier molecular flexibility index (Phi) is 5.50. The average Bonchev–Trinajstić information content (AvgIpc) is 3.16. The van der Waals surface area contributed by atoms with Gasteiger partial charge in [0.25, 0.3) is 0 Å².